The highest BCUT2D eigenvalue weighted by Crippen LogP contribution is 2.38. The lowest BCUT2D eigenvalue weighted by Gasteiger charge is -2.39. The van der Waals surface area contributed by atoms with Crippen molar-refractivity contribution in [1.29, 1.82) is 0 Å². The Labute approximate surface area is 121 Å². The Kier molecular flexibility index (Phi) is 5.64. The Bertz CT molecular complexity index is 371. The van der Waals surface area contributed by atoms with Crippen LogP contribution in [0.15, 0.2) is 23.6 Å². The molecule has 1 N–H and O–H groups in total. The summed E-state index contributed by atoms with van der Waals surface area (Å²) in [7, 11) is 0. The Morgan fingerprint density at radius 2 is 2.16 bits per heavy atom. The van der Waals surface area contributed by atoms with Gasteiger partial charge in [0, 0.05) is 23.7 Å². The van der Waals surface area contributed by atoms with Crippen LogP contribution in [0.5, 0.6) is 0 Å². The molecule has 0 amide bonds. The molecule has 0 saturated heterocycles. The number of hydrogen-bond acceptors (Lipinski definition) is 4. The largest absolute Gasteiger partial charge is 0.313 e. The molecule has 0 aliphatic heterocycles. The van der Waals surface area contributed by atoms with Crippen LogP contribution in [0.4, 0.5) is 0 Å². The first-order chi connectivity index (χ1) is 9.20. The quantitative estimate of drug-likeness (QED) is 0.897. The molecular weight excluding hydrogens is 254 g/mol. The highest BCUT2D eigenvalue weighted by molar-refractivity contribution is 7.99. The number of thioether (sulfide) groups is 1. The summed E-state index contributed by atoms with van der Waals surface area (Å²) in [5.41, 5.74) is 0. The fourth-order valence-corrected chi connectivity index (χ4v) is 4.28. The predicted octanol–water partition coefficient (Wildman–Crippen LogP) is 3.37. The Morgan fingerprint density at radius 3 is 2.84 bits per heavy atom. The fourth-order valence-electron chi connectivity index (χ4n) is 3.04. The SMILES string of the molecule is CCCNC1CC(C)CC(C)C1Sc1cnccn1. The van der Waals surface area contributed by atoms with Crippen molar-refractivity contribution in [1.82, 2.24) is 15.3 Å². The minimum Gasteiger partial charge on any atom is -0.313 e. The standard InChI is InChI=1S/C15H25N3S/c1-4-5-17-13-9-11(2)8-12(3)15(13)19-14-10-16-6-7-18-14/h6-7,10-13,15,17H,4-5,8-9H2,1-3H3. The van der Waals surface area contributed by atoms with Crippen LogP contribution in [0.25, 0.3) is 0 Å². The summed E-state index contributed by atoms with van der Waals surface area (Å²) in [5.74, 6) is 1.55. The van der Waals surface area contributed by atoms with E-state index >= 15 is 0 Å². The maximum absolute atomic E-state index is 4.41. The van der Waals surface area contributed by atoms with Crippen LogP contribution in [0.1, 0.15) is 40.0 Å². The van der Waals surface area contributed by atoms with Gasteiger partial charge in [-0.15, -0.1) is 0 Å². The average molecular weight is 279 g/mol. The Hall–Kier alpha value is -0.610. The Morgan fingerprint density at radius 1 is 1.32 bits per heavy atom. The molecule has 1 aliphatic rings. The number of aromatic nitrogens is 2. The van der Waals surface area contributed by atoms with Crippen LogP contribution in [0.3, 0.4) is 0 Å². The van der Waals surface area contributed by atoms with Gasteiger partial charge in [-0.25, -0.2) is 4.98 Å². The van der Waals surface area contributed by atoms with E-state index in [0.29, 0.717) is 11.3 Å². The molecule has 106 valence electrons. The lowest BCUT2D eigenvalue weighted by molar-refractivity contribution is 0.249. The minimum atomic E-state index is 0.603. The van der Waals surface area contributed by atoms with Crippen LogP contribution in [0, 0.1) is 11.8 Å². The van der Waals surface area contributed by atoms with Crippen molar-refractivity contribution in [2.45, 2.75) is 56.4 Å². The van der Waals surface area contributed by atoms with Gasteiger partial charge in [0.05, 0.1) is 6.20 Å². The molecule has 1 heterocycles. The van der Waals surface area contributed by atoms with E-state index < -0.39 is 0 Å². The molecule has 1 fully saturated rings. The first-order valence-corrected chi connectivity index (χ1v) is 8.24. The van der Waals surface area contributed by atoms with Gasteiger partial charge in [0.2, 0.25) is 0 Å². The first kappa shape index (κ1) is 14.8. The zero-order valence-corrected chi connectivity index (χ0v) is 13.0. The van der Waals surface area contributed by atoms with Crippen molar-refractivity contribution in [3.8, 4) is 0 Å². The highest BCUT2D eigenvalue weighted by atomic mass is 32.2. The third-order valence-corrected chi connectivity index (χ3v) is 5.36. The highest BCUT2D eigenvalue weighted by Gasteiger charge is 2.34. The van der Waals surface area contributed by atoms with Crippen LogP contribution >= 0.6 is 11.8 Å². The summed E-state index contributed by atoms with van der Waals surface area (Å²) in [6.07, 6.45) is 9.20. The molecule has 4 heteroatoms. The van der Waals surface area contributed by atoms with Crippen molar-refractivity contribution >= 4 is 11.8 Å². The van der Waals surface area contributed by atoms with E-state index in [1.54, 1.807) is 12.4 Å². The topological polar surface area (TPSA) is 37.8 Å². The molecule has 1 aliphatic carbocycles. The molecule has 0 radical (unpaired) electrons. The average Bonchev–Trinajstić information content (AvgIpc) is 2.41. The first-order valence-electron chi connectivity index (χ1n) is 7.36. The van der Waals surface area contributed by atoms with Gasteiger partial charge in [-0.2, -0.15) is 0 Å². The fraction of sp³-hybridized carbons (Fsp3) is 0.733. The number of hydrogen-bond donors (Lipinski definition) is 1. The molecule has 19 heavy (non-hydrogen) atoms. The lowest BCUT2D eigenvalue weighted by atomic mass is 9.80. The molecule has 4 unspecified atom stereocenters. The molecule has 0 spiro atoms. The van der Waals surface area contributed by atoms with Crippen molar-refractivity contribution in [2.24, 2.45) is 11.8 Å². The van der Waals surface area contributed by atoms with Crippen molar-refractivity contribution in [3.63, 3.8) is 0 Å². The molecule has 2 rings (SSSR count). The van der Waals surface area contributed by atoms with E-state index in [4.69, 9.17) is 0 Å². The molecule has 1 aromatic heterocycles. The smallest absolute Gasteiger partial charge is 0.115 e. The summed E-state index contributed by atoms with van der Waals surface area (Å²) in [6.45, 7) is 8.10. The van der Waals surface area contributed by atoms with Gasteiger partial charge in [0.25, 0.3) is 0 Å². The zero-order chi connectivity index (χ0) is 13.7. The maximum atomic E-state index is 4.41. The summed E-state index contributed by atoms with van der Waals surface area (Å²) < 4.78 is 0. The van der Waals surface area contributed by atoms with Gasteiger partial charge in [0.1, 0.15) is 5.03 Å². The van der Waals surface area contributed by atoms with Crippen LogP contribution < -0.4 is 5.32 Å². The van der Waals surface area contributed by atoms with Gasteiger partial charge in [-0.05, 0) is 37.6 Å². The molecule has 3 nitrogen and oxygen atoms in total. The van der Waals surface area contributed by atoms with E-state index in [2.05, 4.69) is 36.1 Å². The molecule has 1 aromatic rings. The molecule has 0 aromatic carbocycles. The molecular formula is C15H25N3S. The second kappa shape index (κ2) is 7.25. The molecule has 4 atom stereocenters. The van der Waals surface area contributed by atoms with Gasteiger partial charge < -0.3 is 5.32 Å². The van der Waals surface area contributed by atoms with Crippen LogP contribution in [-0.4, -0.2) is 27.8 Å². The second-order valence-corrected chi connectivity index (χ2v) is 6.94. The second-order valence-electron chi connectivity index (χ2n) is 5.74. The predicted molar refractivity (Wildman–Crippen MR) is 81.3 cm³/mol. The third kappa shape index (κ3) is 4.18. The summed E-state index contributed by atoms with van der Waals surface area (Å²) in [5, 5.41) is 5.40. The van der Waals surface area contributed by atoms with Crippen LogP contribution in [-0.2, 0) is 0 Å². The monoisotopic (exact) mass is 279 g/mol. The lowest BCUT2D eigenvalue weighted by Crippen LogP contribution is -2.46. The minimum absolute atomic E-state index is 0.603. The van der Waals surface area contributed by atoms with Crippen molar-refractivity contribution in [3.05, 3.63) is 18.6 Å². The van der Waals surface area contributed by atoms with Crippen molar-refractivity contribution in [2.75, 3.05) is 6.54 Å². The van der Waals surface area contributed by atoms with E-state index in [-0.39, 0.29) is 0 Å². The van der Waals surface area contributed by atoms with E-state index in [9.17, 15) is 0 Å². The van der Waals surface area contributed by atoms with Gasteiger partial charge >= 0.3 is 0 Å². The number of nitrogens with one attached hydrogen (secondary N) is 1. The van der Waals surface area contributed by atoms with E-state index in [0.717, 1.165) is 23.4 Å². The molecule has 0 bridgehead atoms. The normalized spacial score (nSPS) is 31.3. The van der Waals surface area contributed by atoms with Crippen LogP contribution in [0.2, 0.25) is 0 Å². The molecule has 1 saturated carbocycles. The maximum Gasteiger partial charge on any atom is 0.115 e. The van der Waals surface area contributed by atoms with E-state index in [1.165, 1.54) is 19.3 Å². The zero-order valence-electron chi connectivity index (χ0n) is 12.2. The van der Waals surface area contributed by atoms with Gasteiger partial charge in [-0.1, -0.05) is 32.5 Å². The van der Waals surface area contributed by atoms with Crippen molar-refractivity contribution < 1.29 is 0 Å². The third-order valence-electron chi connectivity index (χ3n) is 3.84. The number of rotatable bonds is 5. The summed E-state index contributed by atoms with van der Waals surface area (Å²) in [6, 6.07) is 0.603. The number of nitrogens with zero attached hydrogens (tertiary/aromatic N) is 2. The summed E-state index contributed by atoms with van der Waals surface area (Å²) in [4.78, 5) is 8.59. The summed E-state index contributed by atoms with van der Waals surface area (Å²) >= 11 is 1.90. The Balaban J connectivity index is 2.04. The van der Waals surface area contributed by atoms with E-state index in [1.807, 2.05) is 18.0 Å². The van der Waals surface area contributed by atoms with Gasteiger partial charge in [0.15, 0.2) is 0 Å². The van der Waals surface area contributed by atoms with Gasteiger partial charge in [-0.3, -0.25) is 4.98 Å².